The van der Waals surface area contributed by atoms with Crippen LogP contribution in [0.1, 0.15) is 18.4 Å². The predicted molar refractivity (Wildman–Crippen MR) is 92.4 cm³/mol. The molecular formula is C16H18ClN3O3S. The summed E-state index contributed by atoms with van der Waals surface area (Å²) in [7, 11) is 0. The van der Waals surface area contributed by atoms with Gasteiger partial charge in [0.2, 0.25) is 17.7 Å². The zero-order valence-electron chi connectivity index (χ0n) is 13.0. The Morgan fingerprint density at radius 1 is 1.33 bits per heavy atom. The first kappa shape index (κ1) is 17.1. The summed E-state index contributed by atoms with van der Waals surface area (Å²) in [6.45, 7) is 0.388. The van der Waals surface area contributed by atoms with E-state index in [4.69, 9.17) is 11.6 Å². The van der Waals surface area contributed by atoms with Crippen molar-refractivity contribution in [3.05, 3.63) is 34.9 Å². The number of carbonyl (C=O) groups excluding carboxylic acids is 3. The van der Waals surface area contributed by atoms with Crippen LogP contribution >= 0.6 is 23.4 Å². The molecule has 1 aromatic rings. The summed E-state index contributed by atoms with van der Waals surface area (Å²) < 4.78 is 0. The number of halogens is 1. The molecule has 2 atom stereocenters. The van der Waals surface area contributed by atoms with E-state index in [0.29, 0.717) is 36.0 Å². The standard InChI is InChI=1S/C16H18ClN3O3S/c17-11-3-1-10(2-4-11)7-18-15(22)13-8-24-9-20(13)16(23)12-5-6-14(21)19-12/h1-4,12-13H,5-9H2,(H,18,22)(H,19,21). The lowest BCUT2D eigenvalue weighted by Gasteiger charge is -2.25. The highest BCUT2D eigenvalue weighted by Crippen LogP contribution is 2.24. The van der Waals surface area contributed by atoms with Gasteiger partial charge >= 0.3 is 0 Å². The molecule has 0 spiro atoms. The summed E-state index contributed by atoms with van der Waals surface area (Å²) in [4.78, 5) is 37.8. The van der Waals surface area contributed by atoms with Crippen molar-refractivity contribution >= 4 is 41.1 Å². The number of benzene rings is 1. The zero-order valence-corrected chi connectivity index (χ0v) is 14.5. The Hall–Kier alpha value is -1.73. The van der Waals surface area contributed by atoms with Gasteiger partial charge in [-0.3, -0.25) is 14.4 Å². The monoisotopic (exact) mass is 367 g/mol. The smallest absolute Gasteiger partial charge is 0.246 e. The van der Waals surface area contributed by atoms with E-state index in [2.05, 4.69) is 10.6 Å². The van der Waals surface area contributed by atoms with Gasteiger partial charge in [-0.15, -0.1) is 11.8 Å². The van der Waals surface area contributed by atoms with Crippen LogP contribution in [0.4, 0.5) is 0 Å². The van der Waals surface area contributed by atoms with Crippen molar-refractivity contribution in [1.29, 1.82) is 0 Å². The van der Waals surface area contributed by atoms with Crippen LogP contribution in [0.3, 0.4) is 0 Å². The number of thioether (sulfide) groups is 1. The fraction of sp³-hybridized carbons (Fsp3) is 0.438. The molecule has 0 aliphatic carbocycles. The largest absolute Gasteiger partial charge is 0.350 e. The molecule has 6 nitrogen and oxygen atoms in total. The number of nitrogens with zero attached hydrogens (tertiary/aromatic N) is 1. The molecule has 2 aliphatic rings. The van der Waals surface area contributed by atoms with Crippen LogP contribution in [0.2, 0.25) is 5.02 Å². The molecule has 2 fully saturated rings. The molecule has 2 unspecified atom stereocenters. The van der Waals surface area contributed by atoms with E-state index in [1.165, 1.54) is 0 Å². The molecule has 3 amide bonds. The average molecular weight is 368 g/mol. The van der Waals surface area contributed by atoms with Crippen molar-refractivity contribution in [3.63, 3.8) is 0 Å². The van der Waals surface area contributed by atoms with Gasteiger partial charge in [-0.1, -0.05) is 23.7 Å². The second-order valence-electron chi connectivity index (χ2n) is 5.83. The molecule has 0 radical (unpaired) electrons. The van der Waals surface area contributed by atoms with Crippen LogP contribution in [0, 0.1) is 0 Å². The minimum absolute atomic E-state index is 0.107. The van der Waals surface area contributed by atoms with Crippen LogP contribution in [-0.2, 0) is 20.9 Å². The minimum atomic E-state index is -0.497. The Balaban J connectivity index is 1.58. The van der Waals surface area contributed by atoms with E-state index < -0.39 is 12.1 Å². The summed E-state index contributed by atoms with van der Waals surface area (Å²) in [6.07, 6.45) is 0.864. The van der Waals surface area contributed by atoms with E-state index in [1.54, 1.807) is 28.8 Å². The molecule has 1 aromatic carbocycles. The van der Waals surface area contributed by atoms with Gasteiger partial charge in [-0.25, -0.2) is 0 Å². The molecule has 2 heterocycles. The van der Waals surface area contributed by atoms with E-state index in [9.17, 15) is 14.4 Å². The first-order valence-electron chi connectivity index (χ1n) is 7.74. The summed E-state index contributed by atoms with van der Waals surface area (Å²) in [6, 6.07) is 6.25. The number of amides is 3. The minimum Gasteiger partial charge on any atom is -0.350 e. The fourth-order valence-corrected chi connectivity index (χ4v) is 4.08. The van der Waals surface area contributed by atoms with Crippen molar-refractivity contribution in [1.82, 2.24) is 15.5 Å². The SMILES string of the molecule is O=C1CCC(C(=O)N2CSCC2C(=O)NCc2ccc(Cl)cc2)N1. The predicted octanol–water partition coefficient (Wildman–Crippen LogP) is 1.14. The number of hydrogen-bond acceptors (Lipinski definition) is 4. The van der Waals surface area contributed by atoms with Crippen LogP contribution < -0.4 is 10.6 Å². The third kappa shape index (κ3) is 3.84. The van der Waals surface area contributed by atoms with Crippen molar-refractivity contribution in [2.45, 2.75) is 31.5 Å². The van der Waals surface area contributed by atoms with Crippen molar-refractivity contribution < 1.29 is 14.4 Å². The topological polar surface area (TPSA) is 78.5 Å². The van der Waals surface area contributed by atoms with Crippen molar-refractivity contribution in [2.75, 3.05) is 11.6 Å². The highest BCUT2D eigenvalue weighted by molar-refractivity contribution is 7.99. The van der Waals surface area contributed by atoms with Gasteiger partial charge in [0, 0.05) is 23.7 Å². The molecule has 2 N–H and O–H groups in total. The second-order valence-corrected chi connectivity index (χ2v) is 7.26. The Kier molecular flexibility index (Phi) is 5.30. The van der Waals surface area contributed by atoms with Crippen LogP contribution in [0.5, 0.6) is 0 Å². The van der Waals surface area contributed by atoms with Gasteiger partial charge in [-0.2, -0.15) is 0 Å². The maximum Gasteiger partial charge on any atom is 0.246 e. The van der Waals surface area contributed by atoms with E-state index in [0.717, 1.165) is 5.56 Å². The first-order chi connectivity index (χ1) is 11.5. The van der Waals surface area contributed by atoms with Gasteiger partial charge in [-0.05, 0) is 24.1 Å². The number of nitrogens with one attached hydrogen (secondary N) is 2. The number of hydrogen-bond donors (Lipinski definition) is 2. The summed E-state index contributed by atoms with van der Waals surface area (Å²) in [5.41, 5.74) is 0.944. The Morgan fingerprint density at radius 3 is 2.75 bits per heavy atom. The fourth-order valence-electron chi connectivity index (χ4n) is 2.79. The quantitative estimate of drug-likeness (QED) is 0.836. The second kappa shape index (κ2) is 7.44. The first-order valence-corrected chi connectivity index (χ1v) is 9.27. The third-order valence-electron chi connectivity index (χ3n) is 4.14. The Labute approximate surface area is 149 Å². The number of carbonyl (C=O) groups is 3. The zero-order chi connectivity index (χ0) is 17.1. The van der Waals surface area contributed by atoms with Gasteiger partial charge in [0.15, 0.2) is 0 Å². The maximum atomic E-state index is 12.5. The van der Waals surface area contributed by atoms with Crippen LogP contribution in [0.15, 0.2) is 24.3 Å². The molecule has 2 saturated heterocycles. The molecule has 3 rings (SSSR count). The lowest BCUT2D eigenvalue weighted by atomic mass is 10.1. The van der Waals surface area contributed by atoms with Gasteiger partial charge in [0.25, 0.3) is 0 Å². The van der Waals surface area contributed by atoms with Crippen molar-refractivity contribution in [3.8, 4) is 0 Å². The normalized spacial score (nSPS) is 23.2. The van der Waals surface area contributed by atoms with E-state index in [-0.39, 0.29) is 17.7 Å². The van der Waals surface area contributed by atoms with Gasteiger partial charge < -0.3 is 15.5 Å². The van der Waals surface area contributed by atoms with Crippen LogP contribution in [-0.4, -0.2) is 46.3 Å². The lowest BCUT2D eigenvalue weighted by Crippen LogP contribution is -2.52. The molecule has 0 bridgehead atoms. The maximum absolute atomic E-state index is 12.5. The molecule has 2 aliphatic heterocycles. The summed E-state index contributed by atoms with van der Waals surface area (Å²) in [5, 5.41) is 6.18. The average Bonchev–Trinajstić information content (AvgIpc) is 3.22. The highest BCUT2D eigenvalue weighted by Gasteiger charge is 2.39. The molecule has 24 heavy (non-hydrogen) atoms. The van der Waals surface area contributed by atoms with Gasteiger partial charge in [0.1, 0.15) is 12.1 Å². The molecule has 0 aromatic heterocycles. The molecule has 128 valence electrons. The Morgan fingerprint density at radius 2 is 2.08 bits per heavy atom. The summed E-state index contributed by atoms with van der Waals surface area (Å²) in [5.74, 6) is 0.595. The third-order valence-corrected chi connectivity index (χ3v) is 5.41. The Bertz CT molecular complexity index is 652. The summed E-state index contributed by atoms with van der Waals surface area (Å²) >= 11 is 7.38. The van der Waals surface area contributed by atoms with E-state index >= 15 is 0 Å². The molecular weight excluding hydrogens is 350 g/mol. The highest BCUT2D eigenvalue weighted by atomic mass is 35.5. The molecule has 0 saturated carbocycles. The van der Waals surface area contributed by atoms with Crippen LogP contribution in [0.25, 0.3) is 0 Å². The number of rotatable bonds is 4. The lowest BCUT2D eigenvalue weighted by molar-refractivity contribution is -0.139. The van der Waals surface area contributed by atoms with E-state index in [1.807, 2.05) is 12.1 Å². The molecule has 8 heteroatoms. The van der Waals surface area contributed by atoms with Gasteiger partial charge in [0.05, 0.1) is 5.88 Å². The van der Waals surface area contributed by atoms with Crippen molar-refractivity contribution in [2.24, 2.45) is 0 Å².